The first-order valence-electron chi connectivity index (χ1n) is 12.6. The molecule has 0 N–H and O–H groups in total. The normalized spacial score (nSPS) is 19.2. The van der Waals surface area contributed by atoms with Gasteiger partial charge in [0.25, 0.3) is 0 Å². The van der Waals surface area contributed by atoms with Crippen LogP contribution in [0.3, 0.4) is 0 Å². The van der Waals surface area contributed by atoms with Crippen molar-refractivity contribution in [1.29, 1.82) is 0 Å². The lowest BCUT2D eigenvalue weighted by Crippen LogP contribution is -2.48. The third kappa shape index (κ3) is 7.41. The summed E-state index contributed by atoms with van der Waals surface area (Å²) in [5, 5.41) is 22.6. The van der Waals surface area contributed by atoms with Crippen LogP contribution >= 0.6 is 11.6 Å². The maximum Gasteiger partial charge on any atom is 0.313 e. The molecule has 3 fully saturated rings. The van der Waals surface area contributed by atoms with Gasteiger partial charge in [0.2, 0.25) is 11.6 Å². The highest BCUT2D eigenvalue weighted by molar-refractivity contribution is 6.30. The van der Waals surface area contributed by atoms with Crippen molar-refractivity contribution < 1.29 is 24.1 Å². The first kappa shape index (κ1) is 28.7. The van der Waals surface area contributed by atoms with Gasteiger partial charge in [-0.2, -0.15) is 0 Å². The number of hydrogen-bond donors (Lipinski definition) is 0. The van der Waals surface area contributed by atoms with E-state index in [2.05, 4.69) is 14.9 Å². The second-order valence-corrected chi connectivity index (χ2v) is 10.2. The smallest absolute Gasteiger partial charge is 0.313 e. The van der Waals surface area contributed by atoms with Crippen molar-refractivity contribution in [3.05, 3.63) is 49.8 Å². The van der Waals surface area contributed by atoms with E-state index in [1.54, 1.807) is 12.3 Å². The third-order valence-corrected chi connectivity index (χ3v) is 6.66. The third-order valence-electron chi connectivity index (χ3n) is 6.45. The summed E-state index contributed by atoms with van der Waals surface area (Å²) in [7, 11) is 0. The maximum absolute atomic E-state index is 11.5. The number of rotatable bonds is 5. The second kappa shape index (κ2) is 12.7. The zero-order valence-electron chi connectivity index (χ0n) is 22.0. The highest BCUT2D eigenvalue weighted by Gasteiger charge is 2.30. The average molecular weight is 566 g/mol. The molecule has 3 aliphatic rings. The lowest BCUT2D eigenvalue weighted by molar-refractivity contribution is -0.384. The fourth-order valence-corrected chi connectivity index (χ4v) is 4.72. The van der Waals surface area contributed by atoms with Crippen LogP contribution in [0.5, 0.6) is 0 Å². The van der Waals surface area contributed by atoms with Gasteiger partial charge in [-0.15, -0.1) is 0 Å². The molecule has 0 amide bonds. The zero-order chi connectivity index (χ0) is 28.0. The number of morpholine rings is 3. The molecule has 5 heterocycles. The largest absolute Gasteiger partial charge is 0.378 e. The van der Waals surface area contributed by atoms with E-state index in [9.17, 15) is 20.2 Å². The number of halogens is 1. The van der Waals surface area contributed by atoms with Crippen LogP contribution in [0.15, 0.2) is 24.5 Å². The van der Waals surface area contributed by atoms with Gasteiger partial charge in [0.15, 0.2) is 0 Å². The Morgan fingerprint density at radius 2 is 1.28 bits per heavy atom. The number of aromatic nitrogens is 2. The Labute approximate surface area is 230 Å². The Morgan fingerprint density at radius 1 is 0.795 bits per heavy atom. The number of nitrogens with zero attached hydrogens (tertiary/aromatic N) is 7. The Hall–Kier alpha value is -3.33. The molecule has 0 bridgehead atoms. The molecule has 3 saturated heterocycles. The highest BCUT2D eigenvalue weighted by Crippen LogP contribution is 2.32. The van der Waals surface area contributed by atoms with Gasteiger partial charge in [0, 0.05) is 57.6 Å². The average Bonchev–Trinajstić information content (AvgIpc) is 2.93. The lowest BCUT2D eigenvalue weighted by Gasteiger charge is -2.39. The van der Waals surface area contributed by atoms with Gasteiger partial charge in [-0.05, 0) is 13.8 Å². The molecule has 2 aromatic heterocycles. The van der Waals surface area contributed by atoms with Gasteiger partial charge in [0.1, 0.15) is 0 Å². The van der Waals surface area contributed by atoms with Crippen molar-refractivity contribution in [3.63, 3.8) is 0 Å². The van der Waals surface area contributed by atoms with Gasteiger partial charge < -0.3 is 28.9 Å². The molecule has 2 aromatic rings. The van der Waals surface area contributed by atoms with Crippen LogP contribution in [-0.4, -0.2) is 97.7 Å². The van der Waals surface area contributed by atoms with Crippen LogP contribution in [0.4, 0.5) is 28.7 Å². The van der Waals surface area contributed by atoms with Crippen LogP contribution in [0.2, 0.25) is 5.02 Å². The van der Waals surface area contributed by atoms with Crippen molar-refractivity contribution in [2.45, 2.75) is 19.4 Å². The first-order chi connectivity index (χ1) is 18.6. The number of pyridine rings is 2. The predicted molar refractivity (Wildman–Crippen MR) is 145 cm³/mol. The molecule has 0 atom stereocenters. The van der Waals surface area contributed by atoms with Crippen molar-refractivity contribution in [1.82, 2.24) is 9.97 Å². The number of ether oxygens (including phenoxy) is 3. The predicted octanol–water partition coefficient (Wildman–Crippen LogP) is 2.92. The van der Waals surface area contributed by atoms with E-state index < -0.39 is 4.92 Å². The Balaban J connectivity index is 0.000000193. The summed E-state index contributed by atoms with van der Waals surface area (Å²) in [5.41, 5.74) is 0.490. The van der Waals surface area contributed by atoms with Crippen molar-refractivity contribution in [3.8, 4) is 0 Å². The molecule has 0 saturated carbocycles. The van der Waals surface area contributed by atoms with E-state index in [1.807, 2.05) is 23.6 Å². The minimum atomic E-state index is -0.469. The number of hydrogen-bond acceptors (Lipinski definition) is 12. The summed E-state index contributed by atoms with van der Waals surface area (Å²) in [5.74, 6) is 0.785. The fourth-order valence-electron chi connectivity index (χ4n) is 4.57. The van der Waals surface area contributed by atoms with Gasteiger partial charge in [-0.25, -0.2) is 9.97 Å². The quantitative estimate of drug-likeness (QED) is 0.387. The molecule has 5 rings (SSSR count). The standard InChI is InChI=1S/C15H22N4O4.C9H10ClN3O3/c1-15(2)11-18(5-8-23-15)12-9-13(19(20)21)14(16-10-12)17-3-6-22-7-4-17;10-7-5-8(13(14)15)9(11-6-7)12-1-3-16-4-2-12/h9-10H,3-8,11H2,1-2H3;5-6H,1-4H2. The van der Waals surface area contributed by atoms with Crippen LogP contribution in [0.1, 0.15) is 13.8 Å². The number of anilines is 3. The van der Waals surface area contributed by atoms with Crippen LogP contribution in [0, 0.1) is 20.2 Å². The van der Waals surface area contributed by atoms with E-state index in [-0.39, 0.29) is 26.9 Å². The monoisotopic (exact) mass is 565 g/mol. The van der Waals surface area contributed by atoms with E-state index in [1.165, 1.54) is 12.3 Å². The topological polar surface area (TPSA) is 149 Å². The van der Waals surface area contributed by atoms with Gasteiger partial charge in [0.05, 0.1) is 65.4 Å². The van der Waals surface area contributed by atoms with Crippen molar-refractivity contribution >= 4 is 40.3 Å². The minimum Gasteiger partial charge on any atom is -0.378 e. The summed E-state index contributed by atoms with van der Waals surface area (Å²) >= 11 is 5.69. The van der Waals surface area contributed by atoms with Gasteiger partial charge in [-0.3, -0.25) is 20.2 Å². The van der Waals surface area contributed by atoms with E-state index in [4.69, 9.17) is 25.8 Å². The molecule has 212 valence electrons. The molecule has 39 heavy (non-hydrogen) atoms. The summed E-state index contributed by atoms with van der Waals surface area (Å²) in [6, 6.07) is 2.94. The van der Waals surface area contributed by atoms with Gasteiger partial charge >= 0.3 is 11.4 Å². The summed E-state index contributed by atoms with van der Waals surface area (Å²) in [6.45, 7) is 10.7. The molecule has 0 radical (unpaired) electrons. The summed E-state index contributed by atoms with van der Waals surface area (Å²) in [6.07, 6.45) is 3.14. The summed E-state index contributed by atoms with van der Waals surface area (Å²) < 4.78 is 16.2. The maximum atomic E-state index is 11.5. The first-order valence-corrected chi connectivity index (χ1v) is 13.0. The van der Waals surface area contributed by atoms with Crippen LogP contribution in [-0.2, 0) is 14.2 Å². The molecule has 0 aliphatic carbocycles. The molecule has 14 nitrogen and oxygen atoms in total. The summed E-state index contributed by atoms with van der Waals surface area (Å²) in [4.78, 5) is 35.8. The van der Waals surface area contributed by atoms with E-state index in [0.717, 1.165) is 5.69 Å². The van der Waals surface area contributed by atoms with E-state index >= 15 is 0 Å². The Bertz CT molecular complexity index is 1170. The highest BCUT2D eigenvalue weighted by atomic mass is 35.5. The fraction of sp³-hybridized carbons (Fsp3) is 0.583. The Kier molecular flexibility index (Phi) is 9.32. The van der Waals surface area contributed by atoms with Crippen LogP contribution in [0.25, 0.3) is 0 Å². The lowest BCUT2D eigenvalue weighted by atomic mass is 10.1. The molecule has 0 aromatic carbocycles. The van der Waals surface area contributed by atoms with Crippen molar-refractivity contribution in [2.75, 3.05) is 87.0 Å². The minimum absolute atomic E-state index is 0.0497. The van der Waals surface area contributed by atoms with Gasteiger partial charge in [-0.1, -0.05) is 11.6 Å². The zero-order valence-corrected chi connectivity index (χ0v) is 22.7. The van der Waals surface area contributed by atoms with Crippen LogP contribution < -0.4 is 14.7 Å². The Morgan fingerprint density at radius 3 is 1.79 bits per heavy atom. The molecule has 3 aliphatic heterocycles. The number of nitro groups is 2. The second-order valence-electron chi connectivity index (χ2n) is 9.78. The molecule has 15 heteroatoms. The molecule has 0 spiro atoms. The molecular weight excluding hydrogens is 534 g/mol. The molecular formula is C24H32ClN7O7. The van der Waals surface area contributed by atoms with Crippen molar-refractivity contribution in [2.24, 2.45) is 0 Å². The molecule has 0 unspecified atom stereocenters. The SMILES string of the molecule is CC1(C)CN(c2cnc(N3CCOCC3)c([N+](=O)[O-])c2)CCO1.O=[N+]([O-])c1cc(Cl)cnc1N1CCOCC1. The van der Waals surface area contributed by atoms with E-state index in [0.29, 0.717) is 83.9 Å².